The minimum atomic E-state index is -0.961. The van der Waals surface area contributed by atoms with Crippen molar-refractivity contribution in [3.8, 4) is 0 Å². The first kappa shape index (κ1) is 26.2. The average molecular weight is 521 g/mol. The van der Waals surface area contributed by atoms with Crippen LogP contribution in [0.15, 0.2) is 11.6 Å². The molecular formula is C29H44O8. The minimum Gasteiger partial charge on any atom is -0.458 e. The van der Waals surface area contributed by atoms with E-state index < -0.39 is 41.7 Å². The molecule has 8 heteroatoms. The van der Waals surface area contributed by atoms with Gasteiger partial charge < -0.3 is 34.6 Å². The van der Waals surface area contributed by atoms with Crippen molar-refractivity contribution < 1.29 is 39.4 Å². The molecule has 1 saturated heterocycles. The molecule has 37 heavy (non-hydrogen) atoms. The minimum absolute atomic E-state index is 0.0149. The van der Waals surface area contributed by atoms with Gasteiger partial charge in [0.05, 0.1) is 30.0 Å². The third-order valence-corrected chi connectivity index (χ3v) is 12.0. The highest BCUT2D eigenvalue weighted by Gasteiger charge is 2.70. The summed E-state index contributed by atoms with van der Waals surface area (Å²) in [4.78, 5) is 11.8. The van der Waals surface area contributed by atoms with E-state index in [1.165, 1.54) is 0 Å². The molecule has 13 unspecified atom stereocenters. The number of hydrogen-bond acceptors (Lipinski definition) is 8. The van der Waals surface area contributed by atoms with Crippen molar-refractivity contribution in [2.75, 3.05) is 6.61 Å². The molecule has 4 aliphatic carbocycles. The molecule has 13 atom stereocenters. The Bertz CT molecular complexity index is 940. The molecule has 0 amide bonds. The van der Waals surface area contributed by atoms with Crippen LogP contribution in [-0.2, 0) is 19.0 Å². The van der Waals surface area contributed by atoms with Crippen molar-refractivity contribution >= 4 is 5.97 Å². The molecule has 2 aliphatic heterocycles. The van der Waals surface area contributed by atoms with Gasteiger partial charge >= 0.3 is 5.97 Å². The molecule has 2 heterocycles. The molecule has 4 saturated carbocycles. The Balaban J connectivity index is 1.18. The van der Waals surface area contributed by atoms with Crippen molar-refractivity contribution in [3.05, 3.63) is 11.6 Å². The summed E-state index contributed by atoms with van der Waals surface area (Å²) in [5, 5.41) is 44.2. The first-order valence-electron chi connectivity index (χ1n) is 14.4. The Morgan fingerprint density at radius 3 is 2.49 bits per heavy atom. The van der Waals surface area contributed by atoms with Gasteiger partial charge in [-0.1, -0.05) is 13.8 Å². The third-order valence-electron chi connectivity index (χ3n) is 12.0. The standard InChI is InChI=1S/C29H44O8/c1-15-26(33)22(30)13-25(36-15)37-18-6-8-27(2)17(11-18)4-5-20-21(27)12-23(31)28(3)19(7-9-29(20,28)34)16-10-24(32)35-14-16/h10,15,17-23,25-26,30-31,33-34H,4-9,11-14H2,1-3H3. The number of rotatable bonds is 3. The number of fused-ring (bicyclic) bond motifs is 5. The predicted molar refractivity (Wildman–Crippen MR) is 133 cm³/mol. The maximum Gasteiger partial charge on any atom is 0.331 e. The van der Waals surface area contributed by atoms with Crippen LogP contribution >= 0.6 is 0 Å². The van der Waals surface area contributed by atoms with Gasteiger partial charge in [0, 0.05) is 17.9 Å². The Labute approximate surface area is 219 Å². The van der Waals surface area contributed by atoms with Crippen molar-refractivity contribution in [3.63, 3.8) is 0 Å². The van der Waals surface area contributed by atoms with Gasteiger partial charge in [0.2, 0.25) is 0 Å². The van der Waals surface area contributed by atoms with Crippen LogP contribution in [0.25, 0.3) is 0 Å². The molecule has 0 aromatic carbocycles. The largest absolute Gasteiger partial charge is 0.458 e. The van der Waals surface area contributed by atoms with E-state index in [0.29, 0.717) is 18.8 Å². The first-order valence-corrected chi connectivity index (χ1v) is 14.4. The quantitative estimate of drug-likeness (QED) is 0.330. The zero-order valence-corrected chi connectivity index (χ0v) is 22.3. The zero-order valence-electron chi connectivity index (χ0n) is 22.3. The molecule has 8 nitrogen and oxygen atoms in total. The Morgan fingerprint density at radius 1 is 1.00 bits per heavy atom. The van der Waals surface area contributed by atoms with E-state index in [-0.39, 0.29) is 48.3 Å². The van der Waals surface area contributed by atoms with Crippen LogP contribution in [0.2, 0.25) is 0 Å². The van der Waals surface area contributed by atoms with Gasteiger partial charge in [-0.25, -0.2) is 4.79 Å². The van der Waals surface area contributed by atoms with Crippen LogP contribution in [0, 0.1) is 34.5 Å². The van der Waals surface area contributed by atoms with Crippen molar-refractivity contribution in [2.24, 2.45) is 34.5 Å². The second-order valence-corrected chi connectivity index (χ2v) is 13.5. The molecule has 0 aromatic heterocycles. The fourth-order valence-electron chi connectivity index (χ4n) is 9.80. The summed E-state index contributed by atoms with van der Waals surface area (Å²) in [7, 11) is 0. The number of esters is 1. The van der Waals surface area contributed by atoms with Crippen molar-refractivity contribution in [1.29, 1.82) is 0 Å². The highest BCUT2D eigenvalue weighted by Crippen LogP contribution is 2.70. The van der Waals surface area contributed by atoms with Gasteiger partial charge in [0.1, 0.15) is 12.7 Å². The second kappa shape index (κ2) is 9.00. The topological polar surface area (TPSA) is 126 Å². The van der Waals surface area contributed by atoms with E-state index >= 15 is 0 Å². The molecule has 4 N–H and O–H groups in total. The SMILES string of the molecule is CC1OC(OC2CCC3(C)C(CCC4C3CC(O)C3(C)C(C5=CC(=O)OC5)CCC43O)C2)CC(O)C1O. The maximum atomic E-state index is 12.4. The summed E-state index contributed by atoms with van der Waals surface area (Å²) in [6.45, 7) is 6.44. The Kier molecular flexibility index (Phi) is 6.37. The number of carbonyl (C=O) groups excluding carboxylic acids is 1. The van der Waals surface area contributed by atoms with Crippen LogP contribution in [0.5, 0.6) is 0 Å². The summed E-state index contributed by atoms with van der Waals surface area (Å²) in [5.41, 5.74) is -0.703. The molecule has 0 aromatic rings. The molecule has 0 bridgehead atoms. The number of aliphatic hydroxyl groups excluding tert-OH is 3. The second-order valence-electron chi connectivity index (χ2n) is 13.5. The molecule has 6 rings (SSSR count). The highest BCUT2D eigenvalue weighted by molar-refractivity contribution is 5.85. The summed E-state index contributed by atoms with van der Waals surface area (Å²) in [5.74, 6) is 0.439. The van der Waals surface area contributed by atoms with E-state index in [0.717, 1.165) is 44.1 Å². The number of hydrogen-bond donors (Lipinski definition) is 4. The monoisotopic (exact) mass is 520 g/mol. The normalized spacial score (nSPS) is 55.6. The van der Waals surface area contributed by atoms with E-state index in [4.69, 9.17) is 14.2 Å². The Hall–Kier alpha value is -1.03. The fraction of sp³-hybridized carbons (Fsp3) is 0.897. The van der Waals surface area contributed by atoms with Crippen LogP contribution in [-0.4, -0.2) is 75.4 Å². The van der Waals surface area contributed by atoms with Crippen molar-refractivity contribution in [1.82, 2.24) is 0 Å². The number of aliphatic hydroxyl groups is 4. The van der Waals surface area contributed by atoms with E-state index in [1.807, 2.05) is 6.92 Å². The van der Waals surface area contributed by atoms with E-state index in [1.54, 1.807) is 13.0 Å². The molecule has 6 aliphatic rings. The number of carbonyl (C=O) groups is 1. The smallest absolute Gasteiger partial charge is 0.331 e. The maximum absolute atomic E-state index is 12.4. The van der Waals surface area contributed by atoms with Gasteiger partial charge in [0.25, 0.3) is 0 Å². The fourth-order valence-corrected chi connectivity index (χ4v) is 9.80. The van der Waals surface area contributed by atoms with Crippen LogP contribution < -0.4 is 0 Å². The lowest BCUT2D eigenvalue weighted by Crippen LogP contribution is -2.67. The van der Waals surface area contributed by atoms with Gasteiger partial charge in [-0.05, 0) is 93.0 Å². The highest BCUT2D eigenvalue weighted by atomic mass is 16.7. The molecule has 5 fully saturated rings. The summed E-state index contributed by atoms with van der Waals surface area (Å²) in [6.07, 6.45) is 5.37. The van der Waals surface area contributed by atoms with Crippen molar-refractivity contribution in [2.45, 2.75) is 121 Å². The molecule has 208 valence electrons. The lowest BCUT2D eigenvalue weighted by molar-refractivity contribution is -0.274. The average Bonchev–Trinajstić information content (AvgIpc) is 3.39. The van der Waals surface area contributed by atoms with Gasteiger partial charge in [-0.2, -0.15) is 0 Å². The van der Waals surface area contributed by atoms with E-state index in [2.05, 4.69) is 6.92 Å². The van der Waals surface area contributed by atoms with E-state index in [9.17, 15) is 25.2 Å². The third kappa shape index (κ3) is 3.80. The van der Waals surface area contributed by atoms with Gasteiger partial charge in [-0.3, -0.25) is 0 Å². The molecular weight excluding hydrogens is 476 g/mol. The van der Waals surface area contributed by atoms with Crippen LogP contribution in [0.1, 0.15) is 78.6 Å². The van der Waals surface area contributed by atoms with Crippen LogP contribution in [0.4, 0.5) is 0 Å². The van der Waals surface area contributed by atoms with Gasteiger partial charge in [0.15, 0.2) is 6.29 Å². The summed E-state index contributed by atoms with van der Waals surface area (Å²) < 4.78 is 17.4. The number of ether oxygens (including phenoxy) is 3. The van der Waals surface area contributed by atoms with Gasteiger partial charge in [-0.15, -0.1) is 0 Å². The summed E-state index contributed by atoms with van der Waals surface area (Å²) in [6, 6.07) is 0. The molecule has 0 radical (unpaired) electrons. The first-order chi connectivity index (χ1) is 17.5. The lowest BCUT2D eigenvalue weighted by Gasteiger charge is -2.65. The Morgan fingerprint density at radius 2 is 1.78 bits per heavy atom. The number of cyclic esters (lactones) is 1. The lowest BCUT2D eigenvalue weighted by atomic mass is 9.42. The molecule has 0 spiro atoms. The zero-order chi connectivity index (χ0) is 26.3. The predicted octanol–water partition coefficient (Wildman–Crippen LogP) is 2.46. The summed E-state index contributed by atoms with van der Waals surface area (Å²) >= 11 is 0. The van der Waals surface area contributed by atoms with Crippen LogP contribution in [0.3, 0.4) is 0 Å².